The highest BCUT2D eigenvalue weighted by Crippen LogP contribution is 2.14. The predicted octanol–water partition coefficient (Wildman–Crippen LogP) is 2.00. The van der Waals surface area contributed by atoms with Crippen molar-refractivity contribution in [1.29, 1.82) is 0 Å². The number of nitrogens with two attached hydrogens (primary N) is 1. The van der Waals surface area contributed by atoms with Crippen molar-refractivity contribution in [2.24, 2.45) is 0 Å². The van der Waals surface area contributed by atoms with Gasteiger partial charge in [0.05, 0.1) is 12.1 Å². The molecule has 108 valence electrons. The molecule has 2 rings (SSSR count). The zero-order valence-corrected chi connectivity index (χ0v) is 11.8. The second-order valence-corrected chi connectivity index (χ2v) is 5.09. The maximum atomic E-state index is 11.8. The number of hydrogen-bond acceptors (Lipinski definition) is 5. The summed E-state index contributed by atoms with van der Waals surface area (Å²) in [6.45, 7) is 0. The van der Waals surface area contributed by atoms with E-state index in [1.54, 1.807) is 29.6 Å². The average Bonchev–Trinajstić information content (AvgIpc) is 2.83. The minimum atomic E-state index is -1.00. The van der Waals surface area contributed by atoms with Gasteiger partial charge in [-0.3, -0.25) is 4.79 Å². The topological polar surface area (TPSA) is 105 Å². The van der Waals surface area contributed by atoms with Gasteiger partial charge in [0.2, 0.25) is 5.91 Å². The largest absolute Gasteiger partial charge is 0.478 e. The number of anilines is 2. The molecule has 0 bridgehead atoms. The number of carbonyl (C=O) groups excluding carboxylic acids is 1. The van der Waals surface area contributed by atoms with Crippen LogP contribution in [-0.4, -0.2) is 22.0 Å². The van der Waals surface area contributed by atoms with E-state index in [9.17, 15) is 9.59 Å². The lowest BCUT2D eigenvalue weighted by Gasteiger charge is -2.04. The molecule has 1 heterocycles. The van der Waals surface area contributed by atoms with Crippen LogP contribution in [0.25, 0.3) is 6.08 Å². The number of nitrogen functional groups attached to an aromatic ring is 1. The van der Waals surface area contributed by atoms with Gasteiger partial charge < -0.3 is 16.2 Å². The first-order valence-corrected chi connectivity index (χ1v) is 6.92. The third kappa shape index (κ3) is 4.73. The molecule has 0 aliphatic rings. The molecular weight excluding hydrogens is 290 g/mol. The fourth-order valence-electron chi connectivity index (χ4n) is 1.62. The Labute approximate surface area is 124 Å². The van der Waals surface area contributed by atoms with Gasteiger partial charge in [-0.2, -0.15) is 0 Å². The molecule has 1 aromatic carbocycles. The van der Waals surface area contributed by atoms with E-state index in [1.165, 1.54) is 17.4 Å². The van der Waals surface area contributed by atoms with E-state index in [-0.39, 0.29) is 12.3 Å². The van der Waals surface area contributed by atoms with E-state index in [1.807, 2.05) is 0 Å². The molecule has 21 heavy (non-hydrogen) atoms. The second-order valence-electron chi connectivity index (χ2n) is 4.20. The van der Waals surface area contributed by atoms with Gasteiger partial charge in [-0.25, -0.2) is 9.78 Å². The Morgan fingerprint density at radius 2 is 2.05 bits per heavy atom. The number of nitrogens with zero attached hydrogens (tertiary/aromatic N) is 1. The molecule has 1 amide bonds. The second kappa shape index (κ2) is 6.67. The summed E-state index contributed by atoms with van der Waals surface area (Å²) in [5.41, 5.74) is 7.51. The summed E-state index contributed by atoms with van der Waals surface area (Å²) >= 11 is 1.29. The highest BCUT2D eigenvalue weighted by Gasteiger charge is 2.07. The summed E-state index contributed by atoms with van der Waals surface area (Å²) in [4.78, 5) is 26.2. The standard InChI is InChI=1S/C14H13N3O3S/c15-14-17-11(8-21-14)7-12(18)16-10-4-1-9(2-5-10)3-6-13(19)20/h1-6,8H,7H2,(H2,15,17)(H,16,18)(H,19,20)/b6-3+. The molecule has 0 aliphatic carbocycles. The Bertz CT molecular complexity index is 677. The van der Waals surface area contributed by atoms with Crippen LogP contribution < -0.4 is 11.1 Å². The molecule has 0 unspecified atom stereocenters. The quantitative estimate of drug-likeness (QED) is 0.733. The Morgan fingerprint density at radius 1 is 1.33 bits per heavy atom. The van der Waals surface area contributed by atoms with Crippen LogP contribution in [0.2, 0.25) is 0 Å². The van der Waals surface area contributed by atoms with Crippen molar-refractivity contribution in [1.82, 2.24) is 4.98 Å². The molecule has 0 atom stereocenters. The Morgan fingerprint density at radius 3 is 2.62 bits per heavy atom. The smallest absolute Gasteiger partial charge is 0.328 e. The van der Waals surface area contributed by atoms with Crippen LogP contribution in [0.1, 0.15) is 11.3 Å². The summed E-state index contributed by atoms with van der Waals surface area (Å²) < 4.78 is 0. The van der Waals surface area contributed by atoms with Gasteiger partial charge in [-0.05, 0) is 23.8 Å². The molecule has 0 spiro atoms. The molecule has 0 aliphatic heterocycles. The van der Waals surface area contributed by atoms with Crippen LogP contribution in [-0.2, 0) is 16.0 Å². The van der Waals surface area contributed by atoms with Crippen molar-refractivity contribution in [3.63, 3.8) is 0 Å². The fraction of sp³-hybridized carbons (Fsp3) is 0.0714. The number of carboxylic acid groups (broad SMARTS) is 1. The van der Waals surface area contributed by atoms with Crippen molar-refractivity contribution < 1.29 is 14.7 Å². The number of amides is 1. The van der Waals surface area contributed by atoms with E-state index in [0.717, 1.165) is 11.6 Å². The van der Waals surface area contributed by atoms with E-state index in [0.29, 0.717) is 16.5 Å². The first-order valence-electron chi connectivity index (χ1n) is 6.04. The van der Waals surface area contributed by atoms with Crippen molar-refractivity contribution in [3.8, 4) is 0 Å². The lowest BCUT2D eigenvalue weighted by molar-refractivity contribution is -0.131. The van der Waals surface area contributed by atoms with Crippen molar-refractivity contribution in [3.05, 3.63) is 47.0 Å². The summed E-state index contributed by atoms with van der Waals surface area (Å²) in [6.07, 6.45) is 2.70. The van der Waals surface area contributed by atoms with E-state index in [4.69, 9.17) is 10.8 Å². The van der Waals surface area contributed by atoms with Crippen LogP contribution in [0.15, 0.2) is 35.7 Å². The maximum absolute atomic E-state index is 11.8. The minimum Gasteiger partial charge on any atom is -0.478 e. The van der Waals surface area contributed by atoms with Crippen LogP contribution in [0.3, 0.4) is 0 Å². The lowest BCUT2D eigenvalue weighted by atomic mass is 10.2. The number of aliphatic carboxylic acids is 1. The average molecular weight is 303 g/mol. The third-order valence-electron chi connectivity index (χ3n) is 2.52. The summed E-state index contributed by atoms with van der Waals surface area (Å²) in [7, 11) is 0. The molecule has 2 aromatic rings. The monoisotopic (exact) mass is 303 g/mol. The van der Waals surface area contributed by atoms with Crippen molar-refractivity contribution in [2.45, 2.75) is 6.42 Å². The van der Waals surface area contributed by atoms with Crippen molar-refractivity contribution >= 4 is 40.1 Å². The highest BCUT2D eigenvalue weighted by molar-refractivity contribution is 7.13. The highest BCUT2D eigenvalue weighted by atomic mass is 32.1. The molecule has 0 saturated carbocycles. The number of carbonyl (C=O) groups is 2. The first-order chi connectivity index (χ1) is 10.0. The molecule has 0 saturated heterocycles. The number of benzene rings is 1. The van der Waals surface area contributed by atoms with Gasteiger partial charge in [0.25, 0.3) is 0 Å². The first kappa shape index (κ1) is 14.7. The number of hydrogen-bond donors (Lipinski definition) is 3. The van der Waals surface area contributed by atoms with Gasteiger partial charge in [-0.1, -0.05) is 12.1 Å². The van der Waals surface area contributed by atoms with E-state index < -0.39 is 5.97 Å². The molecule has 0 fully saturated rings. The summed E-state index contributed by atoms with van der Waals surface area (Å²) in [6, 6.07) is 6.84. The third-order valence-corrected chi connectivity index (χ3v) is 3.25. The molecule has 1 aromatic heterocycles. The molecule has 0 radical (unpaired) electrons. The Hall–Kier alpha value is -2.67. The normalized spacial score (nSPS) is 10.7. The summed E-state index contributed by atoms with van der Waals surface area (Å²) in [5.74, 6) is -1.19. The van der Waals surface area contributed by atoms with Gasteiger partial charge in [0, 0.05) is 17.1 Å². The van der Waals surface area contributed by atoms with E-state index >= 15 is 0 Å². The van der Waals surface area contributed by atoms with Crippen molar-refractivity contribution in [2.75, 3.05) is 11.1 Å². The van der Waals surface area contributed by atoms with E-state index in [2.05, 4.69) is 10.3 Å². The predicted molar refractivity (Wildman–Crippen MR) is 82.0 cm³/mol. The van der Waals surface area contributed by atoms with Crippen LogP contribution >= 0.6 is 11.3 Å². The molecule has 4 N–H and O–H groups in total. The fourth-order valence-corrected chi connectivity index (χ4v) is 2.18. The maximum Gasteiger partial charge on any atom is 0.328 e. The van der Waals surface area contributed by atoms with Gasteiger partial charge in [0.1, 0.15) is 0 Å². The molecule has 7 heteroatoms. The lowest BCUT2D eigenvalue weighted by Crippen LogP contribution is -2.14. The number of aromatic nitrogens is 1. The Balaban J connectivity index is 1.93. The van der Waals surface area contributed by atoms with Gasteiger partial charge in [0.15, 0.2) is 5.13 Å². The zero-order chi connectivity index (χ0) is 15.2. The molecular formula is C14H13N3O3S. The van der Waals surface area contributed by atoms with Crippen LogP contribution in [0.5, 0.6) is 0 Å². The van der Waals surface area contributed by atoms with Crippen LogP contribution in [0, 0.1) is 0 Å². The van der Waals surface area contributed by atoms with Crippen LogP contribution in [0.4, 0.5) is 10.8 Å². The SMILES string of the molecule is Nc1nc(CC(=O)Nc2ccc(/C=C/C(=O)O)cc2)cs1. The Kier molecular flexibility index (Phi) is 4.68. The number of rotatable bonds is 5. The number of thiazole rings is 1. The summed E-state index contributed by atoms with van der Waals surface area (Å²) in [5, 5.41) is 13.5. The molecule has 6 nitrogen and oxygen atoms in total. The number of nitrogens with one attached hydrogen (secondary N) is 1. The van der Waals surface area contributed by atoms with Gasteiger partial charge in [-0.15, -0.1) is 11.3 Å². The number of carboxylic acids is 1. The zero-order valence-electron chi connectivity index (χ0n) is 10.9. The van der Waals surface area contributed by atoms with Gasteiger partial charge >= 0.3 is 5.97 Å². The minimum absolute atomic E-state index is 0.161.